The van der Waals surface area contributed by atoms with Gasteiger partial charge >= 0.3 is 11.9 Å². The highest BCUT2D eigenvalue weighted by Gasteiger charge is 2.32. The van der Waals surface area contributed by atoms with Gasteiger partial charge in [-0.15, -0.1) is 0 Å². The van der Waals surface area contributed by atoms with Crippen LogP contribution in [0, 0.1) is 5.92 Å². The molecule has 0 aromatic carbocycles. The fraction of sp³-hybridized carbons (Fsp3) is 0.636. The van der Waals surface area contributed by atoms with Crippen LogP contribution in [0.15, 0.2) is 12.5 Å². The van der Waals surface area contributed by atoms with E-state index in [1.54, 1.807) is 6.92 Å². The molecule has 0 bridgehead atoms. The van der Waals surface area contributed by atoms with Gasteiger partial charge in [-0.2, -0.15) is 0 Å². The van der Waals surface area contributed by atoms with Crippen molar-refractivity contribution in [2.45, 2.75) is 76.5 Å². The molecule has 36 heavy (non-hydrogen) atoms. The number of hydrogen-bond acceptors (Lipinski definition) is 8. The van der Waals surface area contributed by atoms with E-state index in [-0.39, 0.29) is 18.8 Å². The van der Waals surface area contributed by atoms with Gasteiger partial charge in [0.1, 0.15) is 18.1 Å². The highest BCUT2D eigenvalue weighted by Crippen LogP contribution is 2.08. The van der Waals surface area contributed by atoms with Crippen molar-refractivity contribution < 1.29 is 34.2 Å². The minimum atomic E-state index is -1.51. The molecule has 14 nitrogen and oxygen atoms in total. The number of hydrogen-bond donors (Lipinski definition) is 8. The van der Waals surface area contributed by atoms with Crippen molar-refractivity contribution in [1.82, 2.24) is 25.9 Å². The summed E-state index contributed by atoms with van der Waals surface area (Å²) in [5.74, 6) is -5.25. The number of nitrogens with zero attached hydrogens (tertiary/aromatic N) is 1. The third kappa shape index (κ3) is 10.4. The lowest BCUT2D eigenvalue weighted by Crippen LogP contribution is -2.58. The minimum Gasteiger partial charge on any atom is -0.481 e. The Hall–Kier alpha value is -3.52. The first-order valence-corrected chi connectivity index (χ1v) is 11.8. The van der Waals surface area contributed by atoms with Crippen LogP contribution in [0.2, 0.25) is 0 Å². The molecule has 0 saturated carbocycles. The van der Waals surface area contributed by atoms with Crippen LogP contribution in [0.5, 0.6) is 0 Å². The van der Waals surface area contributed by atoms with Crippen LogP contribution < -0.4 is 27.4 Å². The van der Waals surface area contributed by atoms with Gasteiger partial charge < -0.3 is 42.6 Å². The number of amides is 3. The Morgan fingerprint density at radius 1 is 1.00 bits per heavy atom. The van der Waals surface area contributed by atoms with Crippen molar-refractivity contribution in [2.75, 3.05) is 6.54 Å². The maximum absolute atomic E-state index is 13.0. The predicted octanol–water partition coefficient (Wildman–Crippen LogP) is -1.53. The van der Waals surface area contributed by atoms with Gasteiger partial charge in [0.2, 0.25) is 17.7 Å². The number of aliphatic carboxylic acids is 2. The van der Waals surface area contributed by atoms with E-state index >= 15 is 0 Å². The first-order valence-electron chi connectivity index (χ1n) is 11.8. The third-order valence-electron chi connectivity index (χ3n) is 5.74. The summed E-state index contributed by atoms with van der Waals surface area (Å²) in [6, 6.07) is -4.98. The predicted molar refractivity (Wildman–Crippen MR) is 128 cm³/mol. The van der Waals surface area contributed by atoms with E-state index in [1.165, 1.54) is 12.5 Å². The van der Waals surface area contributed by atoms with Crippen molar-refractivity contribution in [1.29, 1.82) is 0 Å². The maximum atomic E-state index is 13.0. The number of unbranched alkanes of at least 4 members (excludes halogenated alkanes) is 1. The molecule has 3 amide bonds. The number of carboxylic acids is 2. The lowest BCUT2D eigenvalue weighted by molar-refractivity contribution is -0.143. The molecule has 14 heteroatoms. The number of imidazole rings is 1. The highest BCUT2D eigenvalue weighted by molar-refractivity contribution is 5.95. The molecule has 1 rings (SSSR count). The minimum absolute atomic E-state index is 0.0904. The molecule has 1 heterocycles. The van der Waals surface area contributed by atoms with Gasteiger partial charge in [0, 0.05) is 18.3 Å². The highest BCUT2D eigenvalue weighted by atomic mass is 16.4. The zero-order valence-electron chi connectivity index (χ0n) is 20.5. The van der Waals surface area contributed by atoms with Crippen molar-refractivity contribution in [3.8, 4) is 0 Å². The fourth-order valence-electron chi connectivity index (χ4n) is 3.28. The quantitative estimate of drug-likeness (QED) is 0.112. The SMILES string of the molecule is CCC(C)C(N)C(=O)NC(CC(=O)O)C(=O)NC(Cc1cnc[nH]1)C(=O)NC(CCCCN)C(=O)O. The number of carboxylic acid groups (broad SMARTS) is 2. The van der Waals surface area contributed by atoms with Gasteiger partial charge in [0.15, 0.2) is 0 Å². The molecular formula is C22H37N7O7. The number of nitrogens with one attached hydrogen (secondary N) is 4. The number of carbonyl (C=O) groups excluding carboxylic acids is 3. The van der Waals surface area contributed by atoms with Crippen LogP contribution in [0.3, 0.4) is 0 Å². The standard InChI is InChI=1S/C22H37N7O7/c1-3-12(2)18(24)21(34)29-16(9-17(30)31)20(33)28-15(8-13-10-25-11-26-13)19(32)27-14(22(35)36)6-4-5-7-23/h10-12,14-16,18H,3-9,23-24H2,1-2H3,(H,25,26)(H,27,32)(H,28,33)(H,29,34)(H,30,31)(H,35,36). The molecule has 0 aliphatic carbocycles. The van der Waals surface area contributed by atoms with Crippen molar-refractivity contribution >= 4 is 29.7 Å². The van der Waals surface area contributed by atoms with Crippen LogP contribution in [0.4, 0.5) is 0 Å². The van der Waals surface area contributed by atoms with Crippen LogP contribution in [-0.2, 0) is 30.4 Å². The largest absolute Gasteiger partial charge is 0.481 e. The number of nitrogens with two attached hydrogens (primary N) is 2. The molecule has 10 N–H and O–H groups in total. The molecule has 0 fully saturated rings. The molecule has 0 spiro atoms. The second-order valence-electron chi connectivity index (χ2n) is 8.60. The molecule has 0 radical (unpaired) electrons. The van der Waals surface area contributed by atoms with Gasteiger partial charge in [0.25, 0.3) is 0 Å². The number of carbonyl (C=O) groups is 5. The van der Waals surface area contributed by atoms with E-state index in [4.69, 9.17) is 11.5 Å². The normalized spacial score (nSPS) is 15.1. The van der Waals surface area contributed by atoms with Gasteiger partial charge in [-0.3, -0.25) is 19.2 Å². The molecular weight excluding hydrogens is 474 g/mol. The van der Waals surface area contributed by atoms with E-state index in [2.05, 4.69) is 25.9 Å². The van der Waals surface area contributed by atoms with Crippen LogP contribution in [-0.4, -0.2) is 80.6 Å². The smallest absolute Gasteiger partial charge is 0.326 e. The molecule has 0 aliphatic heterocycles. The number of aromatic amines is 1. The average molecular weight is 512 g/mol. The van der Waals surface area contributed by atoms with Crippen molar-refractivity contribution in [3.63, 3.8) is 0 Å². The third-order valence-corrected chi connectivity index (χ3v) is 5.74. The van der Waals surface area contributed by atoms with Gasteiger partial charge in [-0.1, -0.05) is 20.3 Å². The summed E-state index contributed by atoms with van der Waals surface area (Å²) in [5.41, 5.74) is 11.8. The van der Waals surface area contributed by atoms with E-state index < -0.39 is 60.2 Å². The second-order valence-corrected chi connectivity index (χ2v) is 8.60. The zero-order chi connectivity index (χ0) is 27.3. The number of H-pyrrole nitrogens is 1. The van der Waals surface area contributed by atoms with Gasteiger partial charge in [-0.25, -0.2) is 9.78 Å². The lowest BCUT2D eigenvalue weighted by atomic mass is 9.99. The average Bonchev–Trinajstić information content (AvgIpc) is 3.34. The second kappa shape index (κ2) is 15.5. The van der Waals surface area contributed by atoms with Gasteiger partial charge in [-0.05, 0) is 31.7 Å². The first kappa shape index (κ1) is 30.5. The molecule has 1 aromatic heterocycles. The monoisotopic (exact) mass is 511 g/mol. The Morgan fingerprint density at radius 3 is 2.14 bits per heavy atom. The van der Waals surface area contributed by atoms with Crippen LogP contribution in [0.1, 0.15) is 51.6 Å². The van der Waals surface area contributed by atoms with E-state index in [9.17, 15) is 34.2 Å². The summed E-state index contributed by atoms with van der Waals surface area (Å²) in [6.07, 6.45) is 3.71. The van der Waals surface area contributed by atoms with E-state index in [0.29, 0.717) is 31.5 Å². The molecule has 5 unspecified atom stereocenters. The summed E-state index contributed by atoms with van der Waals surface area (Å²) in [4.78, 5) is 68.1. The summed E-state index contributed by atoms with van der Waals surface area (Å²) in [5, 5.41) is 25.9. The van der Waals surface area contributed by atoms with Crippen LogP contribution >= 0.6 is 0 Å². The Morgan fingerprint density at radius 2 is 1.61 bits per heavy atom. The number of rotatable bonds is 17. The summed E-state index contributed by atoms with van der Waals surface area (Å²) in [6.45, 7) is 3.95. The summed E-state index contributed by atoms with van der Waals surface area (Å²) >= 11 is 0. The molecule has 0 aliphatic rings. The van der Waals surface area contributed by atoms with Crippen molar-refractivity contribution in [2.24, 2.45) is 17.4 Å². The van der Waals surface area contributed by atoms with Crippen LogP contribution in [0.25, 0.3) is 0 Å². The Labute approximate surface area is 209 Å². The molecule has 202 valence electrons. The molecule has 5 atom stereocenters. The topological polar surface area (TPSA) is 243 Å². The molecule has 0 saturated heterocycles. The van der Waals surface area contributed by atoms with E-state index in [1.807, 2.05) is 6.92 Å². The Balaban J connectivity index is 3.06. The zero-order valence-corrected chi connectivity index (χ0v) is 20.5. The first-order chi connectivity index (χ1) is 17.0. The van der Waals surface area contributed by atoms with E-state index in [0.717, 1.165) is 0 Å². The summed E-state index contributed by atoms with van der Waals surface area (Å²) < 4.78 is 0. The maximum Gasteiger partial charge on any atom is 0.326 e. The fourth-order valence-corrected chi connectivity index (χ4v) is 3.28. The molecule has 1 aromatic rings. The van der Waals surface area contributed by atoms with Gasteiger partial charge in [0.05, 0.1) is 18.8 Å². The Bertz CT molecular complexity index is 878. The Kier molecular flexibility index (Phi) is 13.1. The van der Waals surface area contributed by atoms with Crippen molar-refractivity contribution in [3.05, 3.63) is 18.2 Å². The lowest BCUT2D eigenvalue weighted by Gasteiger charge is -2.25. The number of aromatic nitrogens is 2. The summed E-state index contributed by atoms with van der Waals surface area (Å²) in [7, 11) is 0.